The van der Waals surface area contributed by atoms with Gasteiger partial charge in [0.2, 0.25) is 11.8 Å². The number of hydrogen-bond donors (Lipinski definition) is 1. The lowest BCUT2D eigenvalue weighted by Gasteiger charge is -2.32. The number of rotatable bonds is 7. The van der Waals surface area contributed by atoms with Crippen LogP contribution in [-0.4, -0.2) is 41.2 Å². The first-order chi connectivity index (χ1) is 12.1. The SMILES string of the molecule is NC(=O)C1CCCN(C(=O)CN(Cc2ccco2)Cc2ccco2)C1. The molecule has 7 heteroatoms. The predicted octanol–water partition coefficient (Wildman–Crippen LogP) is 1.60. The van der Waals surface area contributed by atoms with Gasteiger partial charge in [0.15, 0.2) is 0 Å². The van der Waals surface area contributed by atoms with Crippen molar-refractivity contribution in [3.05, 3.63) is 48.3 Å². The van der Waals surface area contributed by atoms with Crippen molar-refractivity contribution in [3.63, 3.8) is 0 Å². The molecule has 2 aromatic heterocycles. The molecule has 2 amide bonds. The maximum atomic E-state index is 12.7. The molecule has 1 aliphatic heterocycles. The van der Waals surface area contributed by atoms with Crippen LogP contribution in [0.4, 0.5) is 0 Å². The van der Waals surface area contributed by atoms with Crippen LogP contribution in [0, 0.1) is 5.92 Å². The first-order valence-electron chi connectivity index (χ1n) is 8.46. The Morgan fingerprint density at radius 3 is 2.32 bits per heavy atom. The van der Waals surface area contributed by atoms with Crippen LogP contribution in [-0.2, 0) is 22.7 Å². The number of amides is 2. The van der Waals surface area contributed by atoms with Gasteiger partial charge in [0.05, 0.1) is 38.1 Å². The molecule has 0 spiro atoms. The van der Waals surface area contributed by atoms with E-state index in [0.29, 0.717) is 26.2 Å². The van der Waals surface area contributed by atoms with E-state index >= 15 is 0 Å². The quantitative estimate of drug-likeness (QED) is 0.823. The third-order valence-corrected chi connectivity index (χ3v) is 4.45. The van der Waals surface area contributed by atoms with E-state index in [1.807, 2.05) is 29.2 Å². The number of likely N-dealkylation sites (tertiary alicyclic amines) is 1. The summed E-state index contributed by atoms with van der Waals surface area (Å²) in [5.41, 5.74) is 5.40. The number of furan rings is 2. The zero-order valence-corrected chi connectivity index (χ0v) is 14.1. The molecular formula is C18H23N3O4. The Labute approximate surface area is 146 Å². The van der Waals surface area contributed by atoms with Crippen LogP contribution in [0.25, 0.3) is 0 Å². The van der Waals surface area contributed by atoms with Crippen molar-refractivity contribution in [2.24, 2.45) is 11.7 Å². The van der Waals surface area contributed by atoms with Gasteiger partial charge in [-0.3, -0.25) is 14.5 Å². The maximum absolute atomic E-state index is 12.7. The van der Waals surface area contributed by atoms with Crippen LogP contribution >= 0.6 is 0 Å². The average molecular weight is 345 g/mol. The monoisotopic (exact) mass is 345 g/mol. The average Bonchev–Trinajstić information content (AvgIpc) is 3.29. The van der Waals surface area contributed by atoms with Crippen molar-refractivity contribution in [1.29, 1.82) is 0 Å². The summed E-state index contributed by atoms with van der Waals surface area (Å²) in [4.78, 5) is 27.8. The molecule has 0 aromatic carbocycles. The van der Waals surface area contributed by atoms with Crippen LogP contribution in [0.15, 0.2) is 45.6 Å². The lowest BCUT2D eigenvalue weighted by molar-refractivity contribution is -0.136. The minimum Gasteiger partial charge on any atom is -0.468 e. The van der Waals surface area contributed by atoms with Gasteiger partial charge in [0, 0.05) is 13.1 Å². The van der Waals surface area contributed by atoms with Gasteiger partial charge in [-0.25, -0.2) is 0 Å². The van der Waals surface area contributed by atoms with E-state index in [0.717, 1.165) is 24.4 Å². The smallest absolute Gasteiger partial charge is 0.236 e. The Hall–Kier alpha value is -2.54. The minimum absolute atomic E-state index is 0.0101. The molecule has 1 saturated heterocycles. The van der Waals surface area contributed by atoms with Gasteiger partial charge in [-0.05, 0) is 37.1 Å². The number of carbonyl (C=O) groups is 2. The highest BCUT2D eigenvalue weighted by atomic mass is 16.3. The molecule has 0 aliphatic carbocycles. The maximum Gasteiger partial charge on any atom is 0.236 e. The fraction of sp³-hybridized carbons (Fsp3) is 0.444. The highest BCUT2D eigenvalue weighted by Crippen LogP contribution is 2.17. The molecule has 7 nitrogen and oxygen atoms in total. The summed E-state index contributed by atoms with van der Waals surface area (Å²) in [5, 5.41) is 0. The Kier molecular flexibility index (Phi) is 5.55. The van der Waals surface area contributed by atoms with Crippen molar-refractivity contribution in [3.8, 4) is 0 Å². The Morgan fingerprint density at radius 1 is 1.16 bits per heavy atom. The lowest BCUT2D eigenvalue weighted by Crippen LogP contribution is -2.47. The second kappa shape index (κ2) is 8.02. The van der Waals surface area contributed by atoms with Gasteiger partial charge in [0.1, 0.15) is 11.5 Å². The summed E-state index contributed by atoms with van der Waals surface area (Å²) in [5.74, 6) is 0.979. The molecule has 3 rings (SSSR count). The van der Waals surface area contributed by atoms with Gasteiger partial charge in [-0.15, -0.1) is 0 Å². The highest BCUT2D eigenvalue weighted by Gasteiger charge is 2.28. The molecule has 0 bridgehead atoms. The molecule has 0 saturated carbocycles. The number of piperidine rings is 1. The third-order valence-electron chi connectivity index (χ3n) is 4.45. The predicted molar refractivity (Wildman–Crippen MR) is 90.0 cm³/mol. The van der Waals surface area contributed by atoms with E-state index in [1.165, 1.54) is 0 Å². The summed E-state index contributed by atoms with van der Waals surface area (Å²) in [6, 6.07) is 7.40. The molecule has 25 heavy (non-hydrogen) atoms. The Morgan fingerprint density at radius 2 is 1.80 bits per heavy atom. The lowest BCUT2D eigenvalue weighted by atomic mass is 9.97. The Balaban J connectivity index is 1.63. The molecule has 1 atom stereocenters. The fourth-order valence-corrected chi connectivity index (χ4v) is 3.14. The van der Waals surface area contributed by atoms with Gasteiger partial charge in [0.25, 0.3) is 0 Å². The van der Waals surface area contributed by atoms with Crippen LogP contribution in [0.2, 0.25) is 0 Å². The van der Waals surface area contributed by atoms with Crippen molar-refractivity contribution in [2.45, 2.75) is 25.9 Å². The standard InChI is InChI=1S/C18H23N3O4/c19-18(23)14-4-1-7-21(10-14)17(22)13-20(11-15-5-2-8-24-15)12-16-6-3-9-25-16/h2-3,5-6,8-9,14H,1,4,7,10-13H2,(H2,19,23). The molecule has 3 heterocycles. The van der Waals surface area contributed by atoms with Crippen molar-refractivity contribution in [2.75, 3.05) is 19.6 Å². The highest BCUT2D eigenvalue weighted by molar-refractivity contribution is 5.81. The second-order valence-corrected chi connectivity index (χ2v) is 6.39. The number of nitrogens with two attached hydrogens (primary N) is 1. The number of nitrogens with zero attached hydrogens (tertiary/aromatic N) is 2. The molecule has 1 unspecified atom stereocenters. The normalized spacial score (nSPS) is 17.8. The van der Waals surface area contributed by atoms with Crippen LogP contribution in [0.5, 0.6) is 0 Å². The van der Waals surface area contributed by atoms with Crippen LogP contribution < -0.4 is 5.73 Å². The summed E-state index contributed by atoms with van der Waals surface area (Å²) >= 11 is 0. The second-order valence-electron chi connectivity index (χ2n) is 6.39. The van der Waals surface area contributed by atoms with Crippen LogP contribution in [0.1, 0.15) is 24.4 Å². The zero-order chi connectivity index (χ0) is 17.6. The fourth-order valence-electron chi connectivity index (χ4n) is 3.14. The van der Waals surface area contributed by atoms with Crippen molar-refractivity contribution in [1.82, 2.24) is 9.80 Å². The third kappa shape index (κ3) is 4.73. The van der Waals surface area contributed by atoms with Gasteiger partial charge < -0.3 is 19.5 Å². The van der Waals surface area contributed by atoms with Crippen molar-refractivity contribution >= 4 is 11.8 Å². The van der Waals surface area contributed by atoms with Gasteiger partial charge >= 0.3 is 0 Å². The molecule has 1 aliphatic rings. The van der Waals surface area contributed by atoms with E-state index in [1.54, 1.807) is 17.4 Å². The van der Waals surface area contributed by atoms with Crippen molar-refractivity contribution < 1.29 is 18.4 Å². The zero-order valence-electron chi connectivity index (χ0n) is 14.1. The number of hydrogen-bond acceptors (Lipinski definition) is 5. The molecule has 0 radical (unpaired) electrons. The van der Waals surface area contributed by atoms with E-state index in [2.05, 4.69) is 0 Å². The molecular weight excluding hydrogens is 322 g/mol. The van der Waals surface area contributed by atoms with E-state index in [4.69, 9.17) is 14.6 Å². The summed E-state index contributed by atoms with van der Waals surface area (Å²) < 4.78 is 10.8. The number of primary amides is 1. The first kappa shape index (κ1) is 17.3. The molecule has 1 fully saturated rings. The first-order valence-corrected chi connectivity index (χ1v) is 8.46. The molecule has 2 N–H and O–H groups in total. The van der Waals surface area contributed by atoms with Gasteiger partial charge in [-0.1, -0.05) is 0 Å². The topological polar surface area (TPSA) is 92.9 Å². The van der Waals surface area contributed by atoms with Crippen LogP contribution in [0.3, 0.4) is 0 Å². The van der Waals surface area contributed by atoms with E-state index < -0.39 is 0 Å². The van der Waals surface area contributed by atoms with E-state index in [-0.39, 0.29) is 24.3 Å². The minimum atomic E-state index is -0.333. The Bertz CT molecular complexity index is 645. The summed E-state index contributed by atoms with van der Waals surface area (Å²) in [6.07, 6.45) is 4.78. The summed E-state index contributed by atoms with van der Waals surface area (Å²) in [7, 11) is 0. The molecule has 134 valence electrons. The largest absolute Gasteiger partial charge is 0.468 e. The molecule has 2 aromatic rings. The van der Waals surface area contributed by atoms with Gasteiger partial charge in [-0.2, -0.15) is 0 Å². The van der Waals surface area contributed by atoms with E-state index in [9.17, 15) is 9.59 Å². The number of carbonyl (C=O) groups excluding carboxylic acids is 2. The summed E-state index contributed by atoms with van der Waals surface area (Å²) in [6.45, 7) is 2.31.